The maximum atomic E-state index is 11.3. The predicted molar refractivity (Wildman–Crippen MR) is 81.2 cm³/mol. The van der Waals surface area contributed by atoms with Gasteiger partial charge in [-0.05, 0) is 31.1 Å². The van der Waals surface area contributed by atoms with Crippen molar-refractivity contribution in [3.8, 4) is 0 Å². The van der Waals surface area contributed by atoms with Gasteiger partial charge >= 0.3 is 0 Å². The molecular formula is C16H32N2O. The van der Waals surface area contributed by atoms with E-state index in [0.717, 1.165) is 32.2 Å². The highest BCUT2D eigenvalue weighted by atomic mass is 16.2. The summed E-state index contributed by atoms with van der Waals surface area (Å²) in [6, 6.07) is 0.775. The lowest BCUT2D eigenvalue weighted by Gasteiger charge is -2.43. The van der Waals surface area contributed by atoms with Crippen molar-refractivity contribution in [2.45, 2.75) is 66.3 Å². The Morgan fingerprint density at radius 1 is 1.00 bits per heavy atom. The molecule has 3 nitrogen and oxygen atoms in total. The summed E-state index contributed by atoms with van der Waals surface area (Å²) >= 11 is 0. The quantitative estimate of drug-likeness (QED) is 0.729. The molecule has 0 atom stereocenters. The molecule has 0 unspecified atom stereocenters. The molecule has 1 saturated carbocycles. The molecule has 2 rings (SSSR count). The van der Waals surface area contributed by atoms with Gasteiger partial charge in [-0.25, -0.2) is 0 Å². The Hall–Kier alpha value is -0.570. The Morgan fingerprint density at radius 3 is 1.89 bits per heavy atom. The Labute approximate surface area is 119 Å². The first kappa shape index (κ1) is 16.5. The molecule has 1 heterocycles. The van der Waals surface area contributed by atoms with Crippen LogP contribution in [-0.4, -0.2) is 47.9 Å². The van der Waals surface area contributed by atoms with E-state index in [4.69, 9.17) is 0 Å². The molecule has 112 valence electrons. The maximum Gasteiger partial charge on any atom is 0.219 e. The molecule has 2 fully saturated rings. The number of piperazine rings is 1. The predicted octanol–water partition coefficient (Wildman–Crippen LogP) is 3.15. The van der Waals surface area contributed by atoms with Crippen molar-refractivity contribution in [2.75, 3.05) is 26.2 Å². The topological polar surface area (TPSA) is 23.6 Å². The molecule has 1 saturated heterocycles. The number of hydrogen-bond acceptors (Lipinski definition) is 2. The number of carbonyl (C=O) groups is 1. The van der Waals surface area contributed by atoms with E-state index < -0.39 is 0 Å². The first-order chi connectivity index (χ1) is 8.98. The average molecular weight is 268 g/mol. The minimum atomic E-state index is 0.231. The Balaban J connectivity index is 0.000000861. The summed E-state index contributed by atoms with van der Waals surface area (Å²) in [5, 5.41) is 0. The zero-order valence-corrected chi connectivity index (χ0v) is 13.5. The van der Waals surface area contributed by atoms with Gasteiger partial charge in [0, 0.05) is 39.1 Å². The van der Waals surface area contributed by atoms with Crippen molar-refractivity contribution in [3.63, 3.8) is 0 Å². The van der Waals surface area contributed by atoms with Gasteiger partial charge in [0.15, 0.2) is 0 Å². The van der Waals surface area contributed by atoms with Crippen molar-refractivity contribution in [1.82, 2.24) is 9.80 Å². The smallest absolute Gasteiger partial charge is 0.219 e. The molecule has 0 radical (unpaired) electrons. The normalized spacial score (nSPS) is 24.6. The largest absolute Gasteiger partial charge is 0.340 e. The fourth-order valence-corrected chi connectivity index (χ4v) is 3.15. The SMILES string of the molecule is CC.CC(=O)N1CCN(C2CCC(C)(C)CC2)CC1. The van der Waals surface area contributed by atoms with Crippen molar-refractivity contribution in [1.29, 1.82) is 0 Å². The average Bonchev–Trinajstić information content (AvgIpc) is 2.41. The van der Waals surface area contributed by atoms with Gasteiger partial charge in [-0.15, -0.1) is 0 Å². The Morgan fingerprint density at radius 2 is 1.47 bits per heavy atom. The third-order valence-corrected chi connectivity index (χ3v) is 4.58. The number of carbonyl (C=O) groups excluding carboxylic acids is 1. The molecule has 19 heavy (non-hydrogen) atoms. The van der Waals surface area contributed by atoms with Crippen LogP contribution in [0.4, 0.5) is 0 Å². The van der Waals surface area contributed by atoms with Gasteiger partial charge in [0.05, 0.1) is 0 Å². The third kappa shape index (κ3) is 4.79. The highest BCUT2D eigenvalue weighted by Gasteiger charge is 2.31. The third-order valence-electron chi connectivity index (χ3n) is 4.58. The number of rotatable bonds is 1. The van der Waals surface area contributed by atoms with Crippen LogP contribution < -0.4 is 0 Å². The van der Waals surface area contributed by atoms with E-state index >= 15 is 0 Å². The molecular weight excluding hydrogens is 236 g/mol. The molecule has 0 bridgehead atoms. The highest BCUT2D eigenvalue weighted by molar-refractivity contribution is 5.73. The van der Waals surface area contributed by atoms with Crippen LogP contribution in [0.3, 0.4) is 0 Å². The van der Waals surface area contributed by atoms with Crippen LogP contribution in [0.2, 0.25) is 0 Å². The summed E-state index contributed by atoms with van der Waals surface area (Å²) < 4.78 is 0. The number of hydrogen-bond donors (Lipinski definition) is 0. The summed E-state index contributed by atoms with van der Waals surface area (Å²) in [4.78, 5) is 15.9. The molecule has 0 N–H and O–H groups in total. The Kier molecular flexibility index (Phi) is 6.31. The number of amides is 1. The van der Waals surface area contributed by atoms with Gasteiger partial charge in [-0.3, -0.25) is 9.69 Å². The van der Waals surface area contributed by atoms with Gasteiger partial charge in [0.25, 0.3) is 0 Å². The monoisotopic (exact) mass is 268 g/mol. The van der Waals surface area contributed by atoms with Gasteiger partial charge in [0.1, 0.15) is 0 Å². The molecule has 0 aromatic rings. The summed E-state index contributed by atoms with van der Waals surface area (Å²) in [5.41, 5.74) is 0.553. The lowest BCUT2D eigenvalue weighted by molar-refractivity contribution is -0.131. The van der Waals surface area contributed by atoms with Gasteiger partial charge < -0.3 is 4.90 Å². The van der Waals surface area contributed by atoms with E-state index in [1.54, 1.807) is 6.92 Å². The van der Waals surface area contributed by atoms with Gasteiger partial charge in [-0.2, -0.15) is 0 Å². The molecule has 0 aromatic heterocycles. The van der Waals surface area contributed by atoms with Crippen molar-refractivity contribution >= 4 is 5.91 Å². The van der Waals surface area contributed by atoms with Crippen LogP contribution in [0.15, 0.2) is 0 Å². The van der Waals surface area contributed by atoms with Crippen LogP contribution in [-0.2, 0) is 4.79 Å². The van der Waals surface area contributed by atoms with E-state index in [0.29, 0.717) is 5.41 Å². The van der Waals surface area contributed by atoms with E-state index in [-0.39, 0.29) is 5.91 Å². The molecule has 0 aromatic carbocycles. The van der Waals surface area contributed by atoms with Crippen LogP contribution >= 0.6 is 0 Å². The lowest BCUT2D eigenvalue weighted by atomic mass is 9.75. The summed E-state index contributed by atoms with van der Waals surface area (Å²) in [7, 11) is 0. The summed E-state index contributed by atoms with van der Waals surface area (Å²) in [6.07, 6.45) is 5.38. The highest BCUT2D eigenvalue weighted by Crippen LogP contribution is 2.37. The minimum absolute atomic E-state index is 0.231. The van der Waals surface area contributed by atoms with E-state index in [9.17, 15) is 4.79 Å². The second kappa shape index (κ2) is 7.28. The maximum absolute atomic E-state index is 11.3. The standard InChI is InChI=1S/C14H26N2O.C2H6/c1-12(17)15-8-10-16(11-9-15)13-4-6-14(2,3)7-5-13;1-2/h13H,4-11H2,1-3H3;1-2H3. The fraction of sp³-hybridized carbons (Fsp3) is 0.938. The molecule has 1 amide bonds. The van der Waals surface area contributed by atoms with Crippen molar-refractivity contribution in [3.05, 3.63) is 0 Å². The summed E-state index contributed by atoms with van der Waals surface area (Å²) in [5.74, 6) is 0.231. The van der Waals surface area contributed by atoms with Crippen LogP contribution in [0.1, 0.15) is 60.3 Å². The molecule has 3 heteroatoms. The van der Waals surface area contributed by atoms with Crippen LogP contribution in [0.25, 0.3) is 0 Å². The first-order valence-electron chi connectivity index (χ1n) is 7.97. The zero-order valence-electron chi connectivity index (χ0n) is 13.5. The van der Waals surface area contributed by atoms with Crippen molar-refractivity contribution < 1.29 is 4.79 Å². The molecule has 2 aliphatic rings. The van der Waals surface area contributed by atoms with Gasteiger partial charge in [0.2, 0.25) is 5.91 Å². The fourth-order valence-electron chi connectivity index (χ4n) is 3.15. The first-order valence-corrected chi connectivity index (χ1v) is 7.97. The molecule has 1 aliphatic heterocycles. The second-order valence-corrected chi connectivity index (χ2v) is 6.44. The zero-order chi connectivity index (χ0) is 14.5. The van der Waals surface area contributed by atoms with E-state index in [2.05, 4.69) is 18.7 Å². The van der Waals surface area contributed by atoms with E-state index in [1.165, 1.54) is 25.7 Å². The van der Waals surface area contributed by atoms with E-state index in [1.807, 2.05) is 18.7 Å². The van der Waals surface area contributed by atoms with Crippen LogP contribution in [0.5, 0.6) is 0 Å². The minimum Gasteiger partial charge on any atom is -0.340 e. The molecule has 1 aliphatic carbocycles. The van der Waals surface area contributed by atoms with Gasteiger partial charge in [-0.1, -0.05) is 27.7 Å². The Bertz CT molecular complexity index is 270. The molecule has 0 spiro atoms. The summed E-state index contributed by atoms with van der Waals surface area (Å²) in [6.45, 7) is 14.5. The lowest BCUT2D eigenvalue weighted by Crippen LogP contribution is -2.52. The second-order valence-electron chi connectivity index (χ2n) is 6.44. The van der Waals surface area contributed by atoms with Crippen molar-refractivity contribution in [2.24, 2.45) is 5.41 Å². The number of nitrogens with zero attached hydrogens (tertiary/aromatic N) is 2. The van der Waals surface area contributed by atoms with Crippen LogP contribution in [0, 0.1) is 5.41 Å².